The van der Waals surface area contributed by atoms with Gasteiger partial charge < -0.3 is 4.90 Å². The predicted octanol–water partition coefficient (Wildman–Crippen LogP) is 1.64. The van der Waals surface area contributed by atoms with E-state index in [1.54, 1.807) is 0 Å². The Balaban J connectivity index is 1.95. The summed E-state index contributed by atoms with van der Waals surface area (Å²) in [5.41, 5.74) is 2.04. The number of hydrogen-bond acceptors (Lipinski definition) is 2. The number of rotatable bonds is 3. The van der Waals surface area contributed by atoms with Crippen molar-refractivity contribution in [3.05, 3.63) is 35.4 Å². The number of carbonyl (C=O) groups is 1. The lowest BCUT2D eigenvalue weighted by Gasteiger charge is -2.33. The summed E-state index contributed by atoms with van der Waals surface area (Å²) in [6, 6.07) is 7.91. The zero-order valence-electron chi connectivity index (χ0n) is 11.4. The second-order valence-electron chi connectivity index (χ2n) is 4.82. The molecule has 1 aromatic rings. The zero-order chi connectivity index (χ0) is 13.7. The smallest absolute Gasteiger partial charge is 0.253 e. The van der Waals surface area contributed by atoms with E-state index in [1.807, 2.05) is 29.2 Å². The molecule has 0 spiro atoms. The van der Waals surface area contributed by atoms with Crippen molar-refractivity contribution in [2.24, 2.45) is 0 Å². The number of hydrogen-bond donors (Lipinski definition) is 0. The fourth-order valence-electron chi connectivity index (χ4n) is 2.30. The molecule has 1 aliphatic heterocycles. The Morgan fingerprint density at radius 3 is 2.37 bits per heavy atom. The SMILES string of the molecule is C#CCN1CCN(C(=O)c2ccc(CC)cc2)CC1. The molecular weight excluding hydrogens is 236 g/mol. The van der Waals surface area contributed by atoms with Crippen LogP contribution in [0.2, 0.25) is 0 Å². The Morgan fingerprint density at radius 1 is 1.21 bits per heavy atom. The maximum atomic E-state index is 12.3. The molecule has 0 aromatic heterocycles. The van der Waals surface area contributed by atoms with E-state index in [-0.39, 0.29) is 5.91 Å². The molecule has 0 bridgehead atoms. The lowest BCUT2D eigenvalue weighted by atomic mass is 10.1. The van der Waals surface area contributed by atoms with Crippen molar-refractivity contribution in [3.8, 4) is 12.3 Å². The normalized spacial score (nSPS) is 16.1. The van der Waals surface area contributed by atoms with Gasteiger partial charge in [-0.15, -0.1) is 6.42 Å². The summed E-state index contributed by atoms with van der Waals surface area (Å²) in [4.78, 5) is 16.4. The molecule has 1 amide bonds. The largest absolute Gasteiger partial charge is 0.336 e. The zero-order valence-corrected chi connectivity index (χ0v) is 11.4. The average molecular weight is 256 g/mol. The van der Waals surface area contributed by atoms with Gasteiger partial charge in [-0.05, 0) is 24.1 Å². The molecular formula is C16H20N2O. The predicted molar refractivity (Wildman–Crippen MR) is 77.0 cm³/mol. The van der Waals surface area contributed by atoms with Crippen LogP contribution < -0.4 is 0 Å². The van der Waals surface area contributed by atoms with Gasteiger partial charge in [-0.1, -0.05) is 25.0 Å². The Kier molecular flexibility index (Phi) is 4.59. The van der Waals surface area contributed by atoms with E-state index in [2.05, 4.69) is 17.7 Å². The van der Waals surface area contributed by atoms with Gasteiger partial charge in [0.15, 0.2) is 0 Å². The van der Waals surface area contributed by atoms with E-state index in [9.17, 15) is 4.79 Å². The van der Waals surface area contributed by atoms with Crippen LogP contribution in [0.5, 0.6) is 0 Å². The highest BCUT2D eigenvalue weighted by molar-refractivity contribution is 5.94. The van der Waals surface area contributed by atoms with Gasteiger partial charge in [0.2, 0.25) is 0 Å². The summed E-state index contributed by atoms with van der Waals surface area (Å²) >= 11 is 0. The molecule has 1 fully saturated rings. The molecule has 3 heteroatoms. The lowest BCUT2D eigenvalue weighted by molar-refractivity contribution is 0.0652. The summed E-state index contributed by atoms with van der Waals surface area (Å²) in [5.74, 6) is 2.78. The van der Waals surface area contributed by atoms with E-state index >= 15 is 0 Å². The third-order valence-corrected chi connectivity index (χ3v) is 3.58. The molecule has 1 saturated heterocycles. The Hall–Kier alpha value is -1.79. The van der Waals surface area contributed by atoms with Crippen LogP contribution >= 0.6 is 0 Å². The highest BCUT2D eigenvalue weighted by Gasteiger charge is 2.21. The third kappa shape index (κ3) is 3.36. The molecule has 2 rings (SSSR count). The molecule has 3 nitrogen and oxygen atoms in total. The number of benzene rings is 1. The first kappa shape index (κ1) is 13.6. The standard InChI is InChI=1S/C16H20N2O/c1-3-9-17-10-12-18(13-11-17)16(19)15-7-5-14(4-2)6-8-15/h1,5-8H,4,9-13H2,2H3. The Bertz CT molecular complexity index is 465. The molecule has 0 saturated carbocycles. The summed E-state index contributed by atoms with van der Waals surface area (Å²) in [5, 5.41) is 0. The molecule has 1 heterocycles. The molecule has 100 valence electrons. The molecule has 19 heavy (non-hydrogen) atoms. The maximum absolute atomic E-state index is 12.3. The molecule has 1 aromatic carbocycles. The summed E-state index contributed by atoms with van der Waals surface area (Å²) in [6.45, 7) is 6.03. The van der Waals surface area contributed by atoms with Gasteiger partial charge in [-0.25, -0.2) is 0 Å². The van der Waals surface area contributed by atoms with Crippen LogP contribution in [-0.4, -0.2) is 48.4 Å². The van der Waals surface area contributed by atoms with Crippen molar-refractivity contribution in [2.45, 2.75) is 13.3 Å². The van der Waals surface area contributed by atoms with Crippen LogP contribution in [-0.2, 0) is 6.42 Å². The molecule has 0 aliphatic carbocycles. The van der Waals surface area contributed by atoms with Gasteiger partial charge >= 0.3 is 0 Å². The summed E-state index contributed by atoms with van der Waals surface area (Å²) in [7, 11) is 0. The number of carbonyl (C=O) groups excluding carboxylic acids is 1. The minimum absolute atomic E-state index is 0.128. The van der Waals surface area contributed by atoms with Crippen LogP contribution in [0.3, 0.4) is 0 Å². The van der Waals surface area contributed by atoms with Crippen molar-refractivity contribution in [3.63, 3.8) is 0 Å². The van der Waals surface area contributed by atoms with Gasteiger partial charge in [-0.2, -0.15) is 0 Å². The molecule has 0 N–H and O–H groups in total. The number of amides is 1. The van der Waals surface area contributed by atoms with Gasteiger partial charge in [0.25, 0.3) is 5.91 Å². The minimum atomic E-state index is 0.128. The number of aryl methyl sites for hydroxylation is 1. The average Bonchev–Trinajstić information content (AvgIpc) is 2.48. The van der Waals surface area contributed by atoms with E-state index < -0.39 is 0 Å². The minimum Gasteiger partial charge on any atom is -0.336 e. The van der Waals surface area contributed by atoms with Crippen LogP contribution in [0.1, 0.15) is 22.8 Å². The van der Waals surface area contributed by atoms with Crippen LogP contribution in [0.4, 0.5) is 0 Å². The van der Waals surface area contributed by atoms with Crippen molar-refractivity contribution in [1.82, 2.24) is 9.80 Å². The fraction of sp³-hybridized carbons (Fsp3) is 0.438. The molecule has 0 atom stereocenters. The van der Waals surface area contributed by atoms with Crippen LogP contribution in [0.25, 0.3) is 0 Å². The fourth-order valence-corrected chi connectivity index (χ4v) is 2.30. The highest BCUT2D eigenvalue weighted by atomic mass is 16.2. The van der Waals surface area contributed by atoms with Crippen molar-refractivity contribution < 1.29 is 4.79 Å². The first-order chi connectivity index (χ1) is 9.24. The van der Waals surface area contributed by atoms with Gasteiger partial charge in [-0.3, -0.25) is 9.69 Å². The second-order valence-corrected chi connectivity index (χ2v) is 4.82. The van der Waals surface area contributed by atoms with E-state index in [4.69, 9.17) is 6.42 Å². The van der Waals surface area contributed by atoms with Crippen molar-refractivity contribution >= 4 is 5.91 Å². The van der Waals surface area contributed by atoms with E-state index in [0.717, 1.165) is 38.2 Å². The first-order valence-corrected chi connectivity index (χ1v) is 6.78. The van der Waals surface area contributed by atoms with Gasteiger partial charge in [0.1, 0.15) is 0 Å². The van der Waals surface area contributed by atoms with Crippen LogP contribution in [0.15, 0.2) is 24.3 Å². The molecule has 0 unspecified atom stereocenters. The monoisotopic (exact) mass is 256 g/mol. The van der Waals surface area contributed by atoms with Crippen molar-refractivity contribution in [2.75, 3.05) is 32.7 Å². The van der Waals surface area contributed by atoms with Crippen molar-refractivity contribution in [1.29, 1.82) is 0 Å². The Labute approximate surface area is 115 Å². The first-order valence-electron chi connectivity index (χ1n) is 6.78. The summed E-state index contributed by atoms with van der Waals surface area (Å²) in [6.07, 6.45) is 6.30. The number of nitrogens with zero attached hydrogens (tertiary/aromatic N) is 2. The van der Waals surface area contributed by atoms with E-state index in [0.29, 0.717) is 6.54 Å². The van der Waals surface area contributed by atoms with Crippen LogP contribution in [0, 0.1) is 12.3 Å². The molecule has 0 radical (unpaired) electrons. The second kappa shape index (κ2) is 6.40. The quantitative estimate of drug-likeness (QED) is 0.768. The topological polar surface area (TPSA) is 23.6 Å². The van der Waals surface area contributed by atoms with Gasteiger partial charge in [0.05, 0.1) is 6.54 Å². The summed E-state index contributed by atoms with van der Waals surface area (Å²) < 4.78 is 0. The highest BCUT2D eigenvalue weighted by Crippen LogP contribution is 2.10. The van der Waals surface area contributed by atoms with Gasteiger partial charge in [0, 0.05) is 31.7 Å². The lowest BCUT2D eigenvalue weighted by Crippen LogP contribution is -2.48. The van der Waals surface area contributed by atoms with E-state index in [1.165, 1.54) is 5.56 Å². The third-order valence-electron chi connectivity index (χ3n) is 3.58. The number of piperazine rings is 1. The Morgan fingerprint density at radius 2 is 1.84 bits per heavy atom. The maximum Gasteiger partial charge on any atom is 0.253 e. The molecule has 1 aliphatic rings. The number of terminal acetylenes is 1.